The normalized spacial score (nSPS) is 15.2. The Hall–Kier alpha value is -3.14. The van der Waals surface area contributed by atoms with Gasteiger partial charge in [-0.1, -0.05) is 12.1 Å². The van der Waals surface area contributed by atoms with Crippen LogP contribution in [0.4, 0.5) is 0 Å². The molecule has 1 aliphatic heterocycles. The zero-order valence-electron chi connectivity index (χ0n) is 17.4. The SMILES string of the molecule is O=C(C=Cc1ccc(S(=O)(=O)N2CCOCC2)cc1)N(Cc1ccco1)Cc1ccco1. The fourth-order valence-electron chi connectivity index (χ4n) is 3.35. The molecule has 1 amide bonds. The average molecular weight is 457 g/mol. The molecule has 3 aromatic rings. The Balaban J connectivity index is 1.45. The highest BCUT2D eigenvalue weighted by Gasteiger charge is 2.26. The van der Waals surface area contributed by atoms with Crippen molar-refractivity contribution in [2.24, 2.45) is 0 Å². The molecule has 0 bridgehead atoms. The van der Waals surface area contributed by atoms with E-state index in [1.807, 2.05) is 0 Å². The molecule has 1 fully saturated rings. The first kappa shape index (κ1) is 22.1. The third kappa shape index (κ3) is 5.37. The number of carbonyl (C=O) groups excluding carboxylic acids is 1. The zero-order valence-corrected chi connectivity index (χ0v) is 18.2. The Kier molecular flexibility index (Phi) is 6.89. The van der Waals surface area contributed by atoms with Gasteiger partial charge in [0.2, 0.25) is 15.9 Å². The predicted octanol–water partition coefficient (Wildman–Crippen LogP) is 3.14. The molecule has 0 spiro atoms. The molecule has 0 saturated carbocycles. The predicted molar refractivity (Wildman–Crippen MR) is 117 cm³/mol. The Morgan fingerprint density at radius 2 is 1.53 bits per heavy atom. The summed E-state index contributed by atoms with van der Waals surface area (Å²) in [4.78, 5) is 14.7. The molecule has 4 rings (SSSR count). The quantitative estimate of drug-likeness (QED) is 0.484. The highest BCUT2D eigenvalue weighted by molar-refractivity contribution is 7.89. The standard InChI is InChI=1S/C23H24N2O6S/c26-23(24(17-20-3-1-13-30-20)18-21-4-2-14-31-21)10-7-19-5-8-22(9-6-19)32(27,28)25-11-15-29-16-12-25/h1-10,13-14H,11-12,15-18H2. The van der Waals surface area contributed by atoms with Crippen molar-refractivity contribution in [2.75, 3.05) is 26.3 Å². The van der Waals surface area contributed by atoms with Gasteiger partial charge < -0.3 is 18.5 Å². The number of carbonyl (C=O) groups is 1. The van der Waals surface area contributed by atoms with Crippen LogP contribution in [0.2, 0.25) is 0 Å². The molecule has 1 aliphatic rings. The molecule has 1 aromatic carbocycles. The second kappa shape index (κ2) is 9.99. The van der Waals surface area contributed by atoms with Crippen molar-refractivity contribution in [2.45, 2.75) is 18.0 Å². The van der Waals surface area contributed by atoms with Gasteiger partial charge in [0.15, 0.2) is 0 Å². The Morgan fingerprint density at radius 1 is 0.938 bits per heavy atom. The van der Waals surface area contributed by atoms with Crippen LogP contribution in [0.1, 0.15) is 17.1 Å². The van der Waals surface area contributed by atoms with Crippen LogP contribution in [-0.2, 0) is 32.6 Å². The van der Waals surface area contributed by atoms with Crippen LogP contribution in [0.15, 0.2) is 80.9 Å². The van der Waals surface area contributed by atoms with Crippen molar-refractivity contribution in [3.8, 4) is 0 Å². The van der Waals surface area contributed by atoms with Crippen molar-refractivity contribution < 1.29 is 26.8 Å². The summed E-state index contributed by atoms with van der Waals surface area (Å²) < 4.78 is 42.9. The van der Waals surface area contributed by atoms with Crippen molar-refractivity contribution in [1.29, 1.82) is 0 Å². The summed E-state index contributed by atoms with van der Waals surface area (Å²) >= 11 is 0. The van der Waals surface area contributed by atoms with Crippen LogP contribution in [-0.4, -0.2) is 49.8 Å². The number of amides is 1. The van der Waals surface area contributed by atoms with Gasteiger partial charge in [-0.3, -0.25) is 4.79 Å². The maximum Gasteiger partial charge on any atom is 0.247 e. The number of hydrogen-bond donors (Lipinski definition) is 0. The van der Waals surface area contributed by atoms with E-state index in [-0.39, 0.29) is 10.8 Å². The first-order valence-corrected chi connectivity index (χ1v) is 11.7. The lowest BCUT2D eigenvalue weighted by atomic mass is 10.2. The number of hydrogen-bond acceptors (Lipinski definition) is 6. The zero-order chi connectivity index (χ0) is 22.4. The van der Waals surface area contributed by atoms with E-state index in [4.69, 9.17) is 13.6 Å². The summed E-state index contributed by atoms with van der Waals surface area (Å²) in [5.41, 5.74) is 0.718. The van der Waals surface area contributed by atoms with Crippen molar-refractivity contribution in [1.82, 2.24) is 9.21 Å². The van der Waals surface area contributed by atoms with E-state index in [1.54, 1.807) is 72.0 Å². The van der Waals surface area contributed by atoms with Gasteiger partial charge in [0, 0.05) is 19.2 Å². The monoisotopic (exact) mass is 456 g/mol. The van der Waals surface area contributed by atoms with Gasteiger partial charge in [0.1, 0.15) is 11.5 Å². The Morgan fingerprint density at radius 3 is 2.06 bits per heavy atom. The van der Waals surface area contributed by atoms with E-state index in [0.29, 0.717) is 50.9 Å². The first-order chi connectivity index (χ1) is 15.5. The Labute approximate surface area is 186 Å². The molecule has 2 aromatic heterocycles. The van der Waals surface area contributed by atoms with Gasteiger partial charge in [-0.15, -0.1) is 0 Å². The third-order valence-corrected chi connectivity index (χ3v) is 6.98. The van der Waals surface area contributed by atoms with Crippen LogP contribution < -0.4 is 0 Å². The largest absolute Gasteiger partial charge is 0.467 e. The van der Waals surface area contributed by atoms with Gasteiger partial charge in [0.25, 0.3) is 0 Å². The fourth-order valence-corrected chi connectivity index (χ4v) is 4.76. The molecule has 32 heavy (non-hydrogen) atoms. The minimum absolute atomic E-state index is 0.220. The van der Waals surface area contributed by atoms with Crippen LogP contribution in [0.5, 0.6) is 0 Å². The number of furan rings is 2. The van der Waals surface area contributed by atoms with Gasteiger partial charge in [0.05, 0.1) is 43.7 Å². The van der Waals surface area contributed by atoms with Crippen LogP contribution >= 0.6 is 0 Å². The minimum atomic E-state index is -3.55. The molecule has 0 N–H and O–H groups in total. The number of morpholine rings is 1. The molecule has 0 atom stereocenters. The van der Waals surface area contributed by atoms with Crippen LogP contribution in [0.25, 0.3) is 6.08 Å². The van der Waals surface area contributed by atoms with E-state index in [0.717, 1.165) is 5.56 Å². The highest BCUT2D eigenvalue weighted by atomic mass is 32.2. The van der Waals surface area contributed by atoms with E-state index < -0.39 is 10.0 Å². The number of benzene rings is 1. The van der Waals surface area contributed by atoms with Gasteiger partial charge >= 0.3 is 0 Å². The molecule has 3 heterocycles. The first-order valence-electron chi connectivity index (χ1n) is 10.2. The maximum absolute atomic E-state index is 12.8. The maximum atomic E-state index is 12.8. The average Bonchev–Trinajstić information content (AvgIpc) is 3.52. The number of rotatable bonds is 8. The molecule has 0 unspecified atom stereocenters. The molecule has 0 aliphatic carbocycles. The molecular formula is C23H24N2O6S. The van der Waals surface area contributed by atoms with Gasteiger partial charge in [-0.2, -0.15) is 4.31 Å². The molecule has 9 heteroatoms. The van der Waals surface area contributed by atoms with Gasteiger partial charge in [-0.25, -0.2) is 8.42 Å². The van der Waals surface area contributed by atoms with Crippen LogP contribution in [0.3, 0.4) is 0 Å². The highest BCUT2D eigenvalue weighted by Crippen LogP contribution is 2.18. The molecule has 168 valence electrons. The van der Waals surface area contributed by atoms with E-state index >= 15 is 0 Å². The minimum Gasteiger partial charge on any atom is -0.467 e. The molecule has 8 nitrogen and oxygen atoms in total. The second-order valence-corrected chi connectivity index (χ2v) is 9.21. The van der Waals surface area contributed by atoms with E-state index in [9.17, 15) is 13.2 Å². The molecular weight excluding hydrogens is 432 g/mol. The van der Waals surface area contributed by atoms with Crippen molar-refractivity contribution in [3.63, 3.8) is 0 Å². The number of sulfonamides is 1. The summed E-state index contributed by atoms with van der Waals surface area (Å²) in [5.74, 6) is 1.11. The second-order valence-electron chi connectivity index (χ2n) is 7.27. The lowest BCUT2D eigenvalue weighted by Gasteiger charge is -2.26. The number of ether oxygens (including phenoxy) is 1. The lowest BCUT2D eigenvalue weighted by Crippen LogP contribution is -2.40. The summed E-state index contributed by atoms with van der Waals surface area (Å²) in [7, 11) is -3.55. The van der Waals surface area contributed by atoms with Crippen molar-refractivity contribution in [3.05, 3.63) is 84.2 Å². The topological polar surface area (TPSA) is 93.2 Å². The summed E-state index contributed by atoms with van der Waals surface area (Å²) in [6, 6.07) is 13.6. The summed E-state index contributed by atoms with van der Waals surface area (Å²) in [5, 5.41) is 0. The summed E-state index contributed by atoms with van der Waals surface area (Å²) in [6.07, 6.45) is 6.24. The third-order valence-electron chi connectivity index (χ3n) is 5.07. The molecule has 0 radical (unpaired) electrons. The van der Waals surface area contributed by atoms with E-state index in [1.165, 1.54) is 10.4 Å². The summed E-state index contributed by atoms with van der Waals surface area (Å²) in [6.45, 7) is 2.09. The number of nitrogens with zero attached hydrogens (tertiary/aromatic N) is 2. The molecule has 1 saturated heterocycles. The smallest absolute Gasteiger partial charge is 0.247 e. The van der Waals surface area contributed by atoms with E-state index in [2.05, 4.69) is 0 Å². The Bertz CT molecular complexity index is 1090. The lowest BCUT2D eigenvalue weighted by molar-refractivity contribution is -0.127. The van der Waals surface area contributed by atoms with Crippen LogP contribution in [0, 0.1) is 0 Å². The fraction of sp³-hybridized carbons (Fsp3) is 0.261. The van der Waals surface area contributed by atoms with Crippen molar-refractivity contribution >= 4 is 22.0 Å². The van der Waals surface area contributed by atoms with Gasteiger partial charge in [-0.05, 0) is 48.0 Å².